The van der Waals surface area contributed by atoms with E-state index in [0.717, 1.165) is 25.7 Å². The van der Waals surface area contributed by atoms with Crippen LogP contribution in [0.3, 0.4) is 0 Å². The van der Waals surface area contributed by atoms with Crippen molar-refractivity contribution in [2.24, 2.45) is 0 Å². The lowest BCUT2D eigenvalue weighted by Crippen LogP contribution is -2.28. The number of esters is 1. The molecule has 1 N–H and O–H groups in total. The first-order chi connectivity index (χ1) is 8.90. The van der Waals surface area contributed by atoms with E-state index < -0.39 is 22.5 Å². The molecular weight excluding hydrogens is 272 g/mol. The first kappa shape index (κ1) is 18.1. The molecule has 19 heavy (non-hydrogen) atoms. The summed E-state index contributed by atoms with van der Waals surface area (Å²) < 4.78 is 38.9. The van der Waals surface area contributed by atoms with Crippen molar-refractivity contribution in [2.45, 2.75) is 58.5 Å². The van der Waals surface area contributed by atoms with Gasteiger partial charge in [0.15, 0.2) is 6.10 Å². The van der Waals surface area contributed by atoms with Crippen molar-refractivity contribution in [3.63, 3.8) is 0 Å². The maximum Gasteiger partial charge on any atom is 0.398 e. The molecule has 1 atom stereocenters. The van der Waals surface area contributed by atoms with Gasteiger partial charge >= 0.3 is 16.4 Å². The van der Waals surface area contributed by atoms with E-state index in [4.69, 9.17) is 9.29 Å². The molecule has 1 unspecified atom stereocenters. The van der Waals surface area contributed by atoms with Gasteiger partial charge in [-0.15, -0.1) is 0 Å². The fraction of sp³-hybridized carbons (Fsp3) is 0.750. The monoisotopic (exact) mass is 294 g/mol. The molecule has 0 aliphatic rings. The Bertz CT molecular complexity index is 374. The Labute approximate surface area is 114 Å². The van der Waals surface area contributed by atoms with E-state index in [2.05, 4.69) is 4.18 Å². The van der Waals surface area contributed by atoms with Crippen LogP contribution in [0, 0.1) is 0 Å². The van der Waals surface area contributed by atoms with Crippen LogP contribution >= 0.6 is 0 Å². The summed E-state index contributed by atoms with van der Waals surface area (Å²) in [4.78, 5) is 11.6. The molecule has 0 fully saturated rings. The Kier molecular flexibility index (Phi) is 9.46. The highest BCUT2D eigenvalue weighted by Crippen LogP contribution is 2.10. The van der Waals surface area contributed by atoms with Gasteiger partial charge in [-0.2, -0.15) is 8.42 Å². The van der Waals surface area contributed by atoms with Crippen LogP contribution in [0.1, 0.15) is 52.4 Å². The number of ether oxygens (including phenoxy) is 1. The Morgan fingerprint density at radius 2 is 1.89 bits per heavy atom. The highest BCUT2D eigenvalue weighted by molar-refractivity contribution is 7.80. The number of allylic oxidation sites excluding steroid dienone is 1. The minimum absolute atomic E-state index is 0.178. The standard InChI is InChI=1S/C12H22O6S/c1-3-5-7-8-10-17-12(13)11(9-6-4-2)18-19(14,15)16/h8,10-11H,3-7,9H2,1-2H3,(H,14,15,16). The molecule has 0 saturated heterocycles. The van der Waals surface area contributed by atoms with Crippen LogP contribution in [0.15, 0.2) is 12.3 Å². The van der Waals surface area contributed by atoms with Gasteiger partial charge in [-0.25, -0.2) is 8.98 Å². The Morgan fingerprint density at radius 3 is 2.42 bits per heavy atom. The van der Waals surface area contributed by atoms with E-state index >= 15 is 0 Å². The summed E-state index contributed by atoms with van der Waals surface area (Å²) in [7, 11) is -4.66. The van der Waals surface area contributed by atoms with Crippen molar-refractivity contribution in [2.75, 3.05) is 0 Å². The summed E-state index contributed by atoms with van der Waals surface area (Å²) in [5.41, 5.74) is 0. The number of hydrogen-bond acceptors (Lipinski definition) is 5. The zero-order chi connectivity index (χ0) is 14.7. The molecule has 0 saturated carbocycles. The second-order valence-corrected chi connectivity index (χ2v) is 5.15. The molecule has 0 spiro atoms. The highest BCUT2D eigenvalue weighted by atomic mass is 32.3. The predicted molar refractivity (Wildman–Crippen MR) is 70.7 cm³/mol. The van der Waals surface area contributed by atoms with Gasteiger partial charge in [0, 0.05) is 0 Å². The van der Waals surface area contributed by atoms with Crippen molar-refractivity contribution in [3.05, 3.63) is 12.3 Å². The summed E-state index contributed by atoms with van der Waals surface area (Å²) in [6.45, 7) is 3.93. The number of unbranched alkanes of at least 4 members (excludes halogenated alkanes) is 3. The third kappa shape index (κ3) is 10.7. The third-order valence-electron chi connectivity index (χ3n) is 2.33. The maximum absolute atomic E-state index is 11.6. The molecule has 112 valence electrons. The molecule has 0 bridgehead atoms. The van der Waals surface area contributed by atoms with E-state index in [9.17, 15) is 13.2 Å². The number of carbonyl (C=O) groups is 1. The number of hydrogen-bond donors (Lipinski definition) is 1. The summed E-state index contributed by atoms with van der Waals surface area (Å²) in [5.74, 6) is -0.821. The number of carbonyl (C=O) groups excluding carboxylic acids is 1. The smallest absolute Gasteiger partial charge is 0.398 e. The van der Waals surface area contributed by atoms with Gasteiger partial charge in [-0.3, -0.25) is 4.55 Å². The van der Waals surface area contributed by atoms with E-state index in [1.165, 1.54) is 6.26 Å². The van der Waals surface area contributed by atoms with Crippen molar-refractivity contribution in [1.82, 2.24) is 0 Å². The van der Waals surface area contributed by atoms with Crippen LogP contribution < -0.4 is 0 Å². The molecule has 0 aliphatic heterocycles. The van der Waals surface area contributed by atoms with Crippen LogP contribution in [0.25, 0.3) is 0 Å². The fourth-order valence-electron chi connectivity index (χ4n) is 1.32. The van der Waals surface area contributed by atoms with Crippen molar-refractivity contribution in [3.8, 4) is 0 Å². The van der Waals surface area contributed by atoms with E-state index in [1.54, 1.807) is 6.08 Å². The zero-order valence-electron chi connectivity index (χ0n) is 11.4. The first-order valence-corrected chi connectivity index (χ1v) is 7.78. The lowest BCUT2D eigenvalue weighted by Gasteiger charge is -2.12. The average molecular weight is 294 g/mol. The molecular formula is C12H22O6S. The molecule has 0 aromatic carbocycles. The van der Waals surface area contributed by atoms with Crippen LogP contribution in [0.2, 0.25) is 0 Å². The van der Waals surface area contributed by atoms with Crippen LogP contribution in [0.5, 0.6) is 0 Å². The molecule has 0 aromatic heterocycles. The topological polar surface area (TPSA) is 89.9 Å². The fourth-order valence-corrected chi connectivity index (χ4v) is 1.79. The SMILES string of the molecule is CCCCC=COC(=O)C(CCCC)OS(=O)(=O)O. The molecule has 0 heterocycles. The second-order valence-electron chi connectivity index (χ2n) is 4.11. The van der Waals surface area contributed by atoms with Crippen molar-refractivity contribution in [1.29, 1.82) is 0 Å². The van der Waals surface area contributed by atoms with Crippen LogP contribution in [-0.2, 0) is 24.1 Å². The van der Waals surface area contributed by atoms with Gasteiger partial charge in [0.25, 0.3) is 0 Å². The molecule has 0 radical (unpaired) electrons. The average Bonchev–Trinajstić information content (AvgIpc) is 2.32. The van der Waals surface area contributed by atoms with E-state index in [0.29, 0.717) is 6.42 Å². The summed E-state index contributed by atoms with van der Waals surface area (Å²) in [6, 6.07) is 0. The van der Waals surface area contributed by atoms with E-state index in [-0.39, 0.29) is 6.42 Å². The summed E-state index contributed by atoms with van der Waals surface area (Å²) in [6.07, 6.45) is 5.94. The van der Waals surface area contributed by atoms with Gasteiger partial charge in [0.05, 0.1) is 6.26 Å². The summed E-state index contributed by atoms with van der Waals surface area (Å²) in [5, 5.41) is 0. The molecule has 0 rings (SSSR count). The Hall–Kier alpha value is -0.920. The van der Waals surface area contributed by atoms with Gasteiger partial charge < -0.3 is 4.74 Å². The number of rotatable bonds is 10. The van der Waals surface area contributed by atoms with Gasteiger partial charge in [-0.1, -0.05) is 33.1 Å². The molecule has 6 nitrogen and oxygen atoms in total. The minimum atomic E-state index is -4.66. The van der Waals surface area contributed by atoms with Crippen molar-refractivity contribution < 1.29 is 26.7 Å². The normalized spacial score (nSPS) is 13.6. The maximum atomic E-state index is 11.6. The molecule has 0 aliphatic carbocycles. The van der Waals surface area contributed by atoms with Gasteiger partial charge in [0.2, 0.25) is 0 Å². The molecule has 0 amide bonds. The van der Waals surface area contributed by atoms with Crippen LogP contribution in [0.4, 0.5) is 0 Å². The largest absolute Gasteiger partial charge is 0.433 e. The predicted octanol–water partition coefficient (Wildman–Crippen LogP) is 2.61. The highest BCUT2D eigenvalue weighted by Gasteiger charge is 2.25. The third-order valence-corrected chi connectivity index (χ3v) is 2.80. The Morgan fingerprint density at radius 1 is 1.26 bits per heavy atom. The first-order valence-electron chi connectivity index (χ1n) is 6.41. The quantitative estimate of drug-likeness (QED) is 0.288. The minimum Gasteiger partial charge on any atom is -0.433 e. The second kappa shape index (κ2) is 9.94. The van der Waals surface area contributed by atoms with Crippen LogP contribution in [-0.4, -0.2) is 25.0 Å². The summed E-state index contributed by atoms with van der Waals surface area (Å²) >= 11 is 0. The Balaban J connectivity index is 4.33. The lowest BCUT2D eigenvalue weighted by molar-refractivity contribution is -0.146. The van der Waals surface area contributed by atoms with Crippen molar-refractivity contribution >= 4 is 16.4 Å². The van der Waals surface area contributed by atoms with Gasteiger partial charge in [0.1, 0.15) is 0 Å². The van der Waals surface area contributed by atoms with E-state index in [1.807, 2.05) is 13.8 Å². The molecule has 0 aromatic rings. The zero-order valence-corrected chi connectivity index (χ0v) is 12.2. The molecule has 7 heteroatoms. The van der Waals surface area contributed by atoms with Gasteiger partial charge in [-0.05, 0) is 25.3 Å². The lowest BCUT2D eigenvalue weighted by atomic mass is 10.2.